The molecule has 4 atom stereocenters. The topological polar surface area (TPSA) is 60.2 Å². The van der Waals surface area contributed by atoms with Crippen LogP contribution in [-0.4, -0.2) is 29.9 Å². The highest BCUT2D eigenvalue weighted by Crippen LogP contribution is 2.37. The van der Waals surface area contributed by atoms with Gasteiger partial charge in [-0.1, -0.05) is 12.1 Å². The first-order chi connectivity index (χ1) is 8.76. The minimum Gasteiger partial charge on any atom is -0.380 e. The Morgan fingerprint density at radius 2 is 2.22 bits per heavy atom. The van der Waals surface area contributed by atoms with Crippen molar-refractivity contribution in [2.45, 2.75) is 50.7 Å². The zero-order valence-corrected chi connectivity index (χ0v) is 11.1. The first-order valence-electron chi connectivity index (χ1n) is 6.86. The highest BCUT2D eigenvalue weighted by Gasteiger charge is 2.32. The Balaban J connectivity index is 1.66. The minimum absolute atomic E-state index is 0.162. The maximum absolute atomic E-state index is 5.41. The van der Waals surface area contributed by atoms with Gasteiger partial charge in [-0.3, -0.25) is 0 Å². The molecule has 100 valence electrons. The second-order valence-electron chi connectivity index (χ2n) is 5.66. The summed E-state index contributed by atoms with van der Waals surface area (Å²) in [4.78, 5) is 4.58. The second kappa shape index (κ2) is 4.97. The van der Waals surface area contributed by atoms with Crippen molar-refractivity contribution in [1.29, 1.82) is 0 Å². The summed E-state index contributed by atoms with van der Waals surface area (Å²) in [5.41, 5.74) is 0. The van der Waals surface area contributed by atoms with Crippen molar-refractivity contribution >= 4 is 0 Å². The van der Waals surface area contributed by atoms with Crippen molar-refractivity contribution in [3.63, 3.8) is 0 Å². The lowest BCUT2D eigenvalue weighted by Crippen LogP contribution is -2.16. The number of methoxy groups -OCH3 is 1. The molecule has 2 aliphatic rings. The van der Waals surface area contributed by atoms with Gasteiger partial charge in [-0.2, -0.15) is 4.98 Å². The van der Waals surface area contributed by atoms with E-state index in [1.807, 2.05) is 0 Å². The van der Waals surface area contributed by atoms with Gasteiger partial charge in [-0.15, -0.1) is 0 Å². The minimum atomic E-state index is 0.162. The van der Waals surface area contributed by atoms with Crippen molar-refractivity contribution in [1.82, 2.24) is 15.5 Å². The third-order valence-electron chi connectivity index (χ3n) is 4.24. The maximum atomic E-state index is 5.41. The Hall–Kier alpha value is -0.940. The van der Waals surface area contributed by atoms with Gasteiger partial charge < -0.3 is 14.6 Å². The van der Waals surface area contributed by atoms with E-state index in [2.05, 4.69) is 22.4 Å². The SMILES string of the molecule is COC1CNC(c2nc(C3CCC(C)C3)no2)C1. The molecule has 1 aliphatic heterocycles. The van der Waals surface area contributed by atoms with Crippen molar-refractivity contribution in [3.05, 3.63) is 11.7 Å². The van der Waals surface area contributed by atoms with Crippen LogP contribution in [0.25, 0.3) is 0 Å². The zero-order chi connectivity index (χ0) is 12.5. The molecule has 1 aromatic rings. The van der Waals surface area contributed by atoms with E-state index >= 15 is 0 Å². The molecule has 4 unspecified atom stereocenters. The Bertz CT molecular complexity index is 407. The summed E-state index contributed by atoms with van der Waals surface area (Å²) in [6, 6.07) is 0.162. The van der Waals surface area contributed by atoms with E-state index in [4.69, 9.17) is 9.26 Å². The lowest BCUT2D eigenvalue weighted by Gasteiger charge is -2.04. The molecular formula is C13H21N3O2. The molecule has 5 nitrogen and oxygen atoms in total. The van der Waals surface area contributed by atoms with E-state index in [9.17, 15) is 0 Å². The predicted molar refractivity (Wildman–Crippen MR) is 66.2 cm³/mol. The number of hydrogen-bond acceptors (Lipinski definition) is 5. The lowest BCUT2D eigenvalue weighted by molar-refractivity contribution is 0.116. The van der Waals surface area contributed by atoms with E-state index in [1.165, 1.54) is 19.3 Å². The summed E-state index contributed by atoms with van der Waals surface area (Å²) in [6.45, 7) is 3.15. The smallest absolute Gasteiger partial charge is 0.243 e. The fraction of sp³-hybridized carbons (Fsp3) is 0.846. The zero-order valence-electron chi connectivity index (χ0n) is 11.1. The monoisotopic (exact) mass is 251 g/mol. The first kappa shape index (κ1) is 12.1. The molecule has 1 aliphatic carbocycles. The summed E-state index contributed by atoms with van der Waals surface area (Å²) in [5, 5.41) is 7.53. The average Bonchev–Trinajstić information content (AvgIpc) is 3.07. The van der Waals surface area contributed by atoms with Gasteiger partial charge in [-0.25, -0.2) is 0 Å². The molecule has 0 bridgehead atoms. The quantitative estimate of drug-likeness (QED) is 0.890. The molecule has 0 aromatic carbocycles. The van der Waals surface area contributed by atoms with Gasteiger partial charge in [0, 0.05) is 19.6 Å². The highest BCUT2D eigenvalue weighted by molar-refractivity contribution is 5.03. The fourth-order valence-electron chi connectivity index (χ4n) is 3.07. The Kier molecular flexibility index (Phi) is 3.35. The molecule has 0 radical (unpaired) electrons. The first-order valence-corrected chi connectivity index (χ1v) is 6.86. The third-order valence-corrected chi connectivity index (χ3v) is 4.24. The Labute approximate surface area is 107 Å². The molecule has 5 heteroatoms. The van der Waals surface area contributed by atoms with Crippen molar-refractivity contribution in [2.75, 3.05) is 13.7 Å². The predicted octanol–water partition coefficient (Wildman–Crippen LogP) is 2.02. The summed E-state index contributed by atoms with van der Waals surface area (Å²) < 4.78 is 10.7. The number of aromatic nitrogens is 2. The Morgan fingerprint density at radius 1 is 1.33 bits per heavy atom. The molecule has 1 saturated heterocycles. The van der Waals surface area contributed by atoms with Crippen LogP contribution in [0.3, 0.4) is 0 Å². The van der Waals surface area contributed by atoms with Crippen LogP contribution in [0.2, 0.25) is 0 Å². The number of hydrogen-bond donors (Lipinski definition) is 1. The van der Waals surface area contributed by atoms with E-state index in [0.717, 1.165) is 30.6 Å². The molecule has 2 heterocycles. The van der Waals surface area contributed by atoms with Gasteiger partial charge in [0.15, 0.2) is 5.82 Å². The fourth-order valence-corrected chi connectivity index (χ4v) is 3.07. The molecular weight excluding hydrogens is 230 g/mol. The van der Waals surface area contributed by atoms with E-state index in [-0.39, 0.29) is 12.1 Å². The van der Waals surface area contributed by atoms with Crippen LogP contribution in [0.4, 0.5) is 0 Å². The normalized spacial score (nSPS) is 36.3. The van der Waals surface area contributed by atoms with Crippen molar-refractivity contribution in [2.24, 2.45) is 5.92 Å². The molecule has 18 heavy (non-hydrogen) atoms. The molecule has 0 amide bonds. The van der Waals surface area contributed by atoms with Crippen LogP contribution < -0.4 is 5.32 Å². The third kappa shape index (κ3) is 2.29. The van der Waals surface area contributed by atoms with Gasteiger partial charge in [-0.05, 0) is 31.6 Å². The second-order valence-corrected chi connectivity index (χ2v) is 5.66. The molecule has 2 fully saturated rings. The Morgan fingerprint density at radius 3 is 2.89 bits per heavy atom. The molecule has 3 rings (SSSR count). The van der Waals surface area contributed by atoms with Crippen LogP contribution in [0.5, 0.6) is 0 Å². The molecule has 1 aromatic heterocycles. The van der Waals surface area contributed by atoms with Crippen molar-refractivity contribution in [3.8, 4) is 0 Å². The summed E-state index contributed by atoms with van der Waals surface area (Å²) in [7, 11) is 1.74. The molecule has 0 spiro atoms. The van der Waals surface area contributed by atoms with Crippen LogP contribution in [0.1, 0.15) is 56.3 Å². The summed E-state index contributed by atoms with van der Waals surface area (Å²) >= 11 is 0. The standard InChI is InChI=1S/C13H21N3O2/c1-8-3-4-9(5-8)12-15-13(18-16-12)11-6-10(17-2)7-14-11/h8-11,14H,3-7H2,1-2H3. The van der Waals surface area contributed by atoms with E-state index < -0.39 is 0 Å². The average molecular weight is 251 g/mol. The lowest BCUT2D eigenvalue weighted by atomic mass is 10.1. The largest absolute Gasteiger partial charge is 0.380 e. The van der Waals surface area contributed by atoms with Gasteiger partial charge in [0.05, 0.1) is 12.1 Å². The van der Waals surface area contributed by atoms with E-state index in [0.29, 0.717) is 5.92 Å². The van der Waals surface area contributed by atoms with Crippen LogP contribution in [0.15, 0.2) is 4.52 Å². The van der Waals surface area contributed by atoms with Crippen LogP contribution in [0, 0.1) is 5.92 Å². The van der Waals surface area contributed by atoms with Crippen molar-refractivity contribution < 1.29 is 9.26 Å². The van der Waals surface area contributed by atoms with Gasteiger partial charge in [0.25, 0.3) is 0 Å². The number of rotatable bonds is 3. The van der Waals surface area contributed by atoms with Crippen LogP contribution in [-0.2, 0) is 4.74 Å². The number of ether oxygens (including phenoxy) is 1. The summed E-state index contributed by atoms with van der Waals surface area (Å²) in [5.74, 6) is 2.91. The summed E-state index contributed by atoms with van der Waals surface area (Å²) in [6.07, 6.45) is 4.84. The highest BCUT2D eigenvalue weighted by atomic mass is 16.5. The number of nitrogens with zero attached hydrogens (tertiary/aromatic N) is 2. The van der Waals surface area contributed by atoms with Gasteiger partial charge >= 0.3 is 0 Å². The molecule has 1 N–H and O–H groups in total. The van der Waals surface area contributed by atoms with Gasteiger partial charge in [0.2, 0.25) is 5.89 Å². The van der Waals surface area contributed by atoms with Gasteiger partial charge in [0.1, 0.15) is 0 Å². The van der Waals surface area contributed by atoms with Crippen LogP contribution >= 0.6 is 0 Å². The molecule has 1 saturated carbocycles. The van der Waals surface area contributed by atoms with E-state index in [1.54, 1.807) is 7.11 Å². The number of nitrogens with one attached hydrogen (secondary N) is 1. The maximum Gasteiger partial charge on any atom is 0.243 e.